The second kappa shape index (κ2) is 7.32. The highest BCUT2D eigenvalue weighted by Crippen LogP contribution is 2.34. The lowest BCUT2D eigenvalue weighted by molar-refractivity contribution is 0.0602. The maximum atomic E-state index is 14.0. The molecule has 0 atom stereocenters. The minimum atomic E-state index is -0.573. The molecule has 0 spiro atoms. The van der Waals surface area contributed by atoms with Crippen LogP contribution in [0.1, 0.15) is 10.4 Å². The van der Waals surface area contributed by atoms with Crippen molar-refractivity contribution >= 4 is 28.9 Å². The van der Waals surface area contributed by atoms with E-state index in [2.05, 4.69) is 10.3 Å². The molecule has 4 nitrogen and oxygen atoms in total. The Morgan fingerprint density at radius 2 is 1.76 bits per heavy atom. The molecule has 3 rings (SSSR count). The van der Waals surface area contributed by atoms with Crippen molar-refractivity contribution < 1.29 is 13.9 Å². The maximum Gasteiger partial charge on any atom is 0.340 e. The van der Waals surface area contributed by atoms with E-state index in [1.807, 2.05) is 0 Å². The number of ether oxygens (including phenoxy) is 1. The Hall–Kier alpha value is -2.92. The summed E-state index contributed by atoms with van der Waals surface area (Å²) < 4.78 is 18.9. The van der Waals surface area contributed by atoms with Gasteiger partial charge in [0.05, 0.1) is 30.2 Å². The molecule has 1 N–H and O–H groups in total. The monoisotopic (exact) mass is 356 g/mol. The van der Waals surface area contributed by atoms with Crippen LogP contribution >= 0.6 is 11.6 Å². The molecule has 0 saturated carbocycles. The first-order valence-corrected chi connectivity index (χ1v) is 7.82. The first kappa shape index (κ1) is 16.9. The Bertz CT molecular complexity index is 931. The molecule has 1 heterocycles. The highest BCUT2D eigenvalue weighted by molar-refractivity contribution is 6.33. The minimum absolute atomic E-state index is 0.228. The predicted molar refractivity (Wildman–Crippen MR) is 95.7 cm³/mol. The number of anilines is 2. The van der Waals surface area contributed by atoms with Crippen LogP contribution < -0.4 is 5.32 Å². The van der Waals surface area contributed by atoms with Gasteiger partial charge in [0, 0.05) is 22.3 Å². The third-order valence-corrected chi connectivity index (χ3v) is 3.97. The summed E-state index contributed by atoms with van der Waals surface area (Å²) in [5, 5.41) is 3.37. The molecule has 126 valence electrons. The smallest absolute Gasteiger partial charge is 0.340 e. The number of pyridine rings is 1. The molecular formula is C19H14ClFN2O2. The summed E-state index contributed by atoms with van der Waals surface area (Å²) in [5.74, 6) is -1.02. The second-order valence-corrected chi connectivity index (χ2v) is 5.59. The number of carbonyl (C=O) groups is 1. The molecule has 0 saturated heterocycles. The molecule has 0 unspecified atom stereocenters. The van der Waals surface area contributed by atoms with Crippen molar-refractivity contribution in [1.82, 2.24) is 4.98 Å². The number of esters is 1. The molecule has 0 aliphatic heterocycles. The van der Waals surface area contributed by atoms with Gasteiger partial charge in [-0.25, -0.2) is 9.18 Å². The van der Waals surface area contributed by atoms with E-state index in [4.69, 9.17) is 16.3 Å². The van der Waals surface area contributed by atoms with Gasteiger partial charge < -0.3 is 10.1 Å². The number of hydrogen-bond acceptors (Lipinski definition) is 4. The van der Waals surface area contributed by atoms with Crippen molar-refractivity contribution in [2.45, 2.75) is 0 Å². The molecule has 0 radical (unpaired) electrons. The Balaban J connectivity index is 2.17. The van der Waals surface area contributed by atoms with E-state index in [-0.39, 0.29) is 11.3 Å². The zero-order valence-corrected chi connectivity index (χ0v) is 14.0. The topological polar surface area (TPSA) is 51.2 Å². The fourth-order valence-electron chi connectivity index (χ4n) is 2.47. The van der Waals surface area contributed by atoms with Crippen LogP contribution in [0.25, 0.3) is 11.1 Å². The van der Waals surface area contributed by atoms with Gasteiger partial charge in [-0.05, 0) is 18.2 Å². The number of hydrogen-bond donors (Lipinski definition) is 1. The van der Waals surface area contributed by atoms with Crippen LogP contribution in [-0.4, -0.2) is 18.1 Å². The molecule has 0 bridgehead atoms. The van der Waals surface area contributed by atoms with E-state index in [0.717, 1.165) is 0 Å². The number of methoxy groups -OCH3 is 1. The molecule has 0 aliphatic rings. The molecular weight excluding hydrogens is 343 g/mol. The summed E-state index contributed by atoms with van der Waals surface area (Å²) in [6, 6.07) is 13.3. The highest BCUT2D eigenvalue weighted by Gasteiger charge is 2.21. The van der Waals surface area contributed by atoms with Gasteiger partial charge in [0.1, 0.15) is 5.82 Å². The van der Waals surface area contributed by atoms with Crippen LogP contribution in [0.15, 0.2) is 60.9 Å². The molecule has 6 heteroatoms. The summed E-state index contributed by atoms with van der Waals surface area (Å²) in [6.07, 6.45) is 2.97. The Morgan fingerprint density at radius 1 is 1.04 bits per heavy atom. The Kier molecular flexibility index (Phi) is 4.95. The normalized spacial score (nSPS) is 10.4. The number of aromatic nitrogens is 1. The lowest BCUT2D eigenvalue weighted by Crippen LogP contribution is -2.09. The van der Waals surface area contributed by atoms with Crippen molar-refractivity contribution in [2.24, 2.45) is 0 Å². The molecule has 0 aliphatic carbocycles. The van der Waals surface area contributed by atoms with Crippen molar-refractivity contribution in [2.75, 3.05) is 12.4 Å². The van der Waals surface area contributed by atoms with Crippen LogP contribution in [0.2, 0.25) is 5.02 Å². The van der Waals surface area contributed by atoms with Crippen LogP contribution in [-0.2, 0) is 4.74 Å². The SMILES string of the molecule is COC(=O)c1c(Nc2ccccc2F)cncc1-c1ccccc1Cl. The lowest BCUT2D eigenvalue weighted by Gasteiger charge is -2.15. The molecule has 2 aromatic carbocycles. The number of para-hydroxylation sites is 1. The summed E-state index contributed by atoms with van der Waals surface area (Å²) in [4.78, 5) is 16.5. The lowest BCUT2D eigenvalue weighted by atomic mass is 10.0. The number of rotatable bonds is 4. The maximum absolute atomic E-state index is 14.0. The van der Waals surface area contributed by atoms with Crippen molar-refractivity contribution in [3.8, 4) is 11.1 Å². The van der Waals surface area contributed by atoms with E-state index in [1.54, 1.807) is 42.5 Å². The largest absolute Gasteiger partial charge is 0.465 e. The van der Waals surface area contributed by atoms with Crippen LogP contribution in [0, 0.1) is 5.82 Å². The van der Waals surface area contributed by atoms with Gasteiger partial charge in [0.2, 0.25) is 0 Å². The van der Waals surface area contributed by atoms with Crippen molar-refractivity contribution in [3.63, 3.8) is 0 Å². The number of carbonyl (C=O) groups excluding carboxylic acids is 1. The van der Waals surface area contributed by atoms with Gasteiger partial charge >= 0.3 is 5.97 Å². The average Bonchev–Trinajstić information content (AvgIpc) is 2.63. The molecule has 3 aromatic rings. The van der Waals surface area contributed by atoms with Crippen LogP contribution in [0.3, 0.4) is 0 Å². The van der Waals surface area contributed by atoms with Gasteiger partial charge in [-0.3, -0.25) is 4.98 Å². The minimum Gasteiger partial charge on any atom is -0.465 e. The fraction of sp³-hybridized carbons (Fsp3) is 0.0526. The van der Waals surface area contributed by atoms with E-state index in [0.29, 0.717) is 21.8 Å². The summed E-state index contributed by atoms with van der Waals surface area (Å²) in [6.45, 7) is 0. The van der Waals surface area contributed by atoms with Gasteiger partial charge in [0.25, 0.3) is 0 Å². The first-order valence-electron chi connectivity index (χ1n) is 7.44. The van der Waals surface area contributed by atoms with Crippen molar-refractivity contribution in [3.05, 3.63) is 77.3 Å². The van der Waals surface area contributed by atoms with E-state index >= 15 is 0 Å². The molecule has 0 fully saturated rings. The zero-order chi connectivity index (χ0) is 17.8. The molecule has 0 amide bonds. The molecule has 1 aromatic heterocycles. The van der Waals surface area contributed by atoms with E-state index in [9.17, 15) is 9.18 Å². The zero-order valence-electron chi connectivity index (χ0n) is 13.3. The van der Waals surface area contributed by atoms with Gasteiger partial charge in [0.15, 0.2) is 0 Å². The first-order chi connectivity index (χ1) is 12.1. The van der Waals surface area contributed by atoms with E-state index in [1.165, 1.54) is 25.6 Å². The quantitative estimate of drug-likeness (QED) is 0.663. The second-order valence-electron chi connectivity index (χ2n) is 5.19. The standard InChI is InChI=1S/C19H14ClFN2O2/c1-25-19(24)18-13(12-6-2-3-7-14(12)20)10-22-11-17(18)23-16-9-5-4-8-15(16)21/h2-11,23H,1H3. The molecule has 25 heavy (non-hydrogen) atoms. The number of nitrogens with zero attached hydrogens (tertiary/aromatic N) is 1. The predicted octanol–water partition coefficient (Wildman–Crippen LogP) is 5.07. The Labute approximate surface area is 149 Å². The van der Waals surface area contributed by atoms with E-state index < -0.39 is 11.8 Å². The summed E-state index contributed by atoms with van der Waals surface area (Å²) >= 11 is 6.26. The van der Waals surface area contributed by atoms with Crippen molar-refractivity contribution in [1.29, 1.82) is 0 Å². The van der Waals surface area contributed by atoms with Gasteiger partial charge in [-0.1, -0.05) is 41.9 Å². The number of halogens is 2. The number of nitrogens with one attached hydrogen (secondary N) is 1. The number of benzene rings is 2. The summed E-state index contributed by atoms with van der Waals surface area (Å²) in [7, 11) is 1.28. The van der Waals surface area contributed by atoms with Crippen LogP contribution in [0.5, 0.6) is 0 Å². The Morgan fingerprint density at radius 3 is 2.48 bits per heavy atom. The van der Waals surface area contributed by atoms with Gasteiger partial charge in [-0.15, -0.1) is 0 Å². The average molecular weight is 357 g/mol. The summed E-state index contributed by atoms with van der Waals surface area (Å²) in [5.41, 5.74) is 1.92. The highest BCUT2D eigenvalue weighted by atomic mass is 35.5. The van der Waals surface area contributed by atoms with Crippen LogP contribution in [0.4, 0.5) is 15.8 Å². The third-order valence-electron chi connectivity index (χ3n) is 3.64. The van der Waals surface area contributed by atoms with Gasteiger partial charge in [-0.2, -0.15) is 0 Å². The fourth-order valence-corrected chi connectivity index (χ4v) is 2.71. The third kappa shape index (κ3) is 3.46.